The van der Waals surface area contributed by atoms with Crippen molar-refractivity contribution >= 4 is 11.9 Å². The second kappa shape index (κ2) is 16.4. The van der Waals surface area contributed by atoms with Crippen LogP contribution in [0.1, 0.15) is 164 Å². The zero-order valence-corrected chi connectivity index (χ0v) is 37.0. The van der Waals surface area contributed by atoms with E-state index in [0.717, 1.165) is 64.2 Å². The molecule has 0 heterocycles. The zero-order valence-electron chi connectivity index (χ0n) is 37.0. The minimum atomic E-state index is -1.25. The highest BCUT2D eigenvalue weighted by molar-refractivity contribution is 5.66. The van der Waals surface area contributed by atoms with Crippen molar-refractivity contribution in [2.24, 2.45) is 98.6 Å². The molecule has 8 nitrogen and oxygen atoms in total. The van der Waals surface area contributed by atoms with Gasteiger partial charge in [-0.15, -0.1) is 0 Å². The van der Waals surface area contributed by atoms with E-state index >= 15 is 4.39 Å². The molecule has 0 aromatic carbocycles. The van der Waals surface area contributed by atoms with Gasteiger partial charge in [0.15, 0.2) is 0 Å². The fraction of sp³-hybridized carbons (Fsp3) is 0.959. The van der Waals surface area contributed by atoms with Crippen LogP contribution in [-0.4, -0.2) is 73.2 Å². The Labute approximate surface area is 348 Å². The first-order valence-electron chi connectivity index (χ1n) is 24.0. The summed E-state index contributed by atoms with van der Waals surface area (Å²) in [6, 6.07) is 0. The molecule has 8 aliphatic carbocycles. The summed E-state index contributed by atoms with van der Waals surface area (Å²) in [6.07, 6.45) is 12.8. The van der Waals surface area contributed by atoms with E-state index in [-0.39, 0.29) is 64.5 Å². The maximum absolute atomic E-state index is 15.5. The lowest BCUT2D eigenvalue weighted by molar-refractivity contribution is -0.206. The predicted octanol–water partition coefficient (Wildman–Crippen LogP) is 9.15. The number of hydrogen-bond donors (Lipinski definition) is 6. The van der Waals surface area contributed by atoms with Crippen LogP contribution in [-0.2, 0) is 9.59 Å². The van der Waals surface area contributed by atoms with Crippen LogP contribution in [0.5, 0.6) is 0 Å². The van der Waals surface area contributed by atoms with Gasteiger partial charge in [-0.1, -0.05) is 48.5 Å². The molecule has 0 amide bonds. The van der Waals surface area contributed by atoms with E-state index in [1.54, 1.807) is 0 Å². The first kappa shape index (κ1) is 44.8. The maximum atomic E-state index is 15.5. The number of rotatable bonds is 8. The second-order valence-corrected chi connectivity index (χ2v) is 23.2. The summed E-state index contributed by atoms with van der Waals surface area (Å²) in [5.41, 5.74) is 0.419. The number of alkyl halides is 1. The molecule has 0 aliphatic heterocycles. The Kier molecular flexibility index (Phi) is 12.7. The normalized spacial score (nSPS) is 52.9. The van der Waals surface area contributed by atoms with Gasteiger partial charge in [-0.2, -0.15) is 0 Å². The van der Waals surface area contributed by atoms with Crippen LogP contribution < -0.4 is 0 Å². The number of halogens is 1. The molecule has 332 valence electrons. The molecule has 6 N–H and O–H groups in total. The smallest absolute Gasteiger partial charge is 0.303 e. The number of carboxylic acid groups (broad SMARTS) is 2. The Bertz CT molecular complexity index is 1380. The van der Waals surface area contributed by atoms with Gasteiger partial charge in [-0.25, -0.2) is 4.39 Å². The highest BCUT2D eigenvalue weighted by Crippen LogP contribution is 2.71. The molecule has 58 heavy (non-hydrogen) atoms. The van der Waals surface area contributed by atoms with Gasteiger partial charge in [-0.05, 0) is 195 Å². The van der Waals surface area contributed by atoms with Gasteiger partial charge in [0.2, 0.25) is 0 Å². The molecular formula is C49H81FO8. The maximum Gasteiger partial charge on any atom is 0.303 e. The Morgan fingerprint density at radius 2 is 0.931 bits per heavy atom. The summed E-state index contributed by atoms with van der Waals surface area (Å²) in [4.78, 5) is 22.1. The average Bonchev–Trinajstić information content (AvgIpc) is 3.72. The second-order valence-electron chi connectivity index (χ2n) is 23.2. The molecule has 0 radical (unpaired) electrons. The molecule has 9 heteroatoms. The third kappa shape index (κ3) is 7.33. The van der Waals surface area contributed by atoms with E-state index in [0.29, 0.717) is 72.0 Å². The van der Waals surface area contributed by atoms with Crippen molar-refractivity contribution in [3.8, 4) is 0 Å². The molecule has 8 rings (SSSR count). The van der Waals surface area contributed by atoms with Gasteiger partial charge in [0.05, 0.1) is 24.4 Å². The van der Waals surface area contributed by atoms with E-state index in [1.165, 1.54) is 25.7 Å². The summed E-state index contributed by atoms with van der Waals surface area (Å²) in [5.74, 6) is 2.97. The molecular weight excluding hydrogens is 736 g/mol. The van der Waals surface area contributed by atoms with E-state index in [9.17, 15) is 30.0 Å². The topological polar surface area (TPSA) is 156 Å². The van der Waals surface area contributed by atoms with Gasteiger partial charge < -0.3 is 30.6 Å². The van der Waals surface area contributed by atoms with Crippen molar-refractivity contribution in [3.05, 3.63) is 0 Å². The van der Waals surface area contributed by atoms with Crippen LogP contribution >= 0.6 is 0 Å². The summed E-state index contributed by atoms with van der Waals surface area (Å²) >= 11 is 0. The number of carboxylic acids is 2. The summed E-state index contributed by atoms with van der Waals surface area (Å²) in [6.45, 7) is 16.2. The number of aliphatic hydroxyl groups excluding tert-OH is 4. The van der Waals surface area contributed by atoms with Gasteiger partial charge >= 0.3 is 11.9 Å². The first-order chi connectivity index (χ1) is 27.2. The molecule has 0 aromatic rings. The number of carbonyl (C=O) groups is 2. The van der Waals surface area contributed by atoms with E-state index in [2.05, 4.69) is 48.5 Å². The highest BCUT2D eigenvalue weighted by atomic mass is 19.1. The number of hydrogen-bond acceptors (Lipinski definition) is 6. The largest absolute Gasteiger partial charge is 0.481 e. The molecule has 8 unspecified atom stereocenters. The lowest BCUT2D eigenvalue weighted by atomic mass is 9.42. The van der Waals surface area contributed by atoms with Crippen molar-refractivity contribution in [2.75, 3.05) is 0 Å². The Morgan fingerprint density at radius 1 is 0.552 bits per heavy atom. The van der Waals surface area contributed by atoms with Crippen LogP contribution in [0.25, 0.3) is 0 Å². The van der Waals surface area contributed by atoms with Crippen LogP contribution in [0.2, 0.25) is 0 Å². The third-order valence-corrected chi connectivity index (χ3v) is 21.0. The van der Waals surface area contributed by atoms with Crippen molar-refractivity contribution in [1.82, 2.24) is 0 Å². The number of aliphatic carboxylic acids is 2. The number of fused-ring (bicyclic) bond motifs is 10. The highest BCUT2D eigenvalue weighted by Gasteiger charge is 2.67. The quantitative estimate of drug-likeness (QED) is 0.142. The van der Waals surface area contributed by atoms with Gasteiger partial charge in [0.1, 0.15) is 6.17 Å². The van der Waals surface area contributed by atoms with Crippen LogP contribution in [0.3, 0.4) is 0 Å². The number of aliphatic hydroxyl groups is 4. The molecule has 8 fully saturated rings. The Hall–Kier alpha value is -1.29. The van der Waals surface area contributed by atoms with E-state index in [4.69, 9.17) is 10.2 Å². The predicted molar refractivity (Wildman–Crippen MR) is 222 cm³/mol. The minimum absolute atomic E-state index is 0.00285. The van der Waals surface area contributed by atoms with Gasteiger partial charge in [0, 0.05) is 18.8 Å². The third-order valence-electron chi connectivity index (χ3n) is 21.0. The molecule has 0 bridgehead atoms. The Morgan fingerprint density at radius 3 is 1.38 bits per heavy atom. The molecule has 22 atom stereocenters. The zero-order chi connectivity index (χ0) is 42.3. The molecule has 8 saturated carbocycles. The summed E-state index contributed by atoms with van der Waals surface area (Å²) in [7, 11) is 0. The summed E-state index contributed by atoms with van der Waals surface area (Å²) < 4.78 is 15.5. The molecule has 0 spiro atoms. The standard InChI is InChI=1S/C25H42O4.C24H39FO4/c1-14(5-8-21(27)28)17-6-7-18-22-19(10-12-24(17,18)3)25(4)11-9-16(26)13-20(25)15(2)23(22)29;1-13(4-7-19(27)28)15-5-6-16-20-17(9-11-23(15,16)2)24(3)10-8-14(26)12-18(24)21(25)22(20)29/h14-20,22-23,26,29H,5-13H2,1-4H3,(H,27,28);13-18,20-22,26,29H,4-12H2,1-3H3,(H,27,28)/t14-,15-,16-,17-,18?,19?,20?,22?,23+,24-,25-;13-,14-,15-,16?,17?,18?,20?,21-,22-,23-,24-/m11/s1. The van der Waals surface area contributed by atoms with Crippen LogP contribution in [0.4, 0.5) is 4.39 Å². The first-order valence-corrected chi connectivity index (χ1v) is 24.0. The fourth-order valence-corrected chi connectivity index (χ4v) is 17.9. The molecule has 0 aromatic heterocycles. The van der Waals surface area contributed by atoms with Gasteiger partial charge in [-0.3, -0.25) is 9.59 Å². The SMILES string of the molecule is C[C@H](CCC(=O)O)[C@H]1CCC2C3C(CC[C@@]21C)[C@@]1(C)CC[C@@H](O)CC1[C@@H](C)[C@@H]3O.C[C@H](CCC(=O)O)[C@H]1CCC2C3C(CC[C@@]21C)[C@@]1(C)CC[C@@H](O)CC1[C@@H](F)[C@@H]3O. The average molecular weight is 817 g/mol. The minimum Gasteiger partial charge on any atom is -0.481 e. The van der Waals surface area contributed by atoms with Crippen LogP contribution in [0, 0.1) is 98.6 Å². The fourth-order valence-electron chi connectivity index (χ4n) is 17.9. The van der Waals surface area contributed by atoms with Crippen LogP contribution in [0.15, 0.2) is 0 Å². The van der Waals surface area contributed by atoms with Crippen molar-refractivity contribution in [3.63, 3.8) is 0 Å². The van der Waals surface area contributed by atoms with E-state index < -0.39 is 30.3 Å². The van der Waals surface area contributed by atoms with Crippen molar-refractivity contribution in [2.45, 2.75) is 195 Å². The van der Waals surface area contributed by atoms with Gasteiger partial charge in [0.25, 0.3) is 0 Å². The monoisotopic (exact) mass is 817 g/mol. The Balaban J connectivity index is 0.000000177. The lowest BCUT2D eigenvalue weighted by Gasteiger charge is -2.64. The molecule has 0 saturated heterocycles. The summed E-state index contributed by atoms with van der Waals surface area (Å²) in [5, 5.41) is 61.3. The van der Waals surface area contributed by atoms with Crippen molar-refractivity contribution in [1.29, 1.82) is 0 Å². The van der Waals surface area contributed by atoms with E-state index in [1.807, 2.05) is 0 Å². The lowest BCUT2D eigenvalue weighted by Crippen LogP contribution is -2.63. The molecule has 8 aliphatic rings. The van der Waals surface area contributed by atoms with Crippen molar-refractivity contribution < 1.29 is 44.6 Å².